The highest BCUT2D eigenvalue weighted by atomic mass is 32.2. The van der Waals surface area contributed by atoms with Crippen LogP contribution in [0.2, 0.25) is 0 Å². The summed E-state index contributed by atoms with van der Waals surface area (Å²) in [6.07, 6.45) is 3.90. The monoisotopic (exact) mass is 258 g/mol. The van der Waals surface area contributed by atoms with Gasteiger partial charge in [-0.2, -0.15) is 0 Å². The average molecular weight is 258 g/mol. The molecule has 0 saturated heterocycles. The van der Waals surface area contributed by atoms with Crippen LogP contribution in [0, 0.1) is 0 Å². The third kappa shape index (κ3) is 2.71. The van der Waals surface area contributed by atoms with Crippen LogP contribution in [0.4, 0.5) is 5.95 Å². The third-order valence-corrected chi connectivity index (χ3v) is 4.18. The largest absolute Gasteiger partial charge is 0.381 e. The fraction of sp³-hybridized carbons (Fsp3) is 0.556. The quantitative estimate of drug-likeness (QED) is 0.755. The van der Waals surface area contributed by atoms with Crippen LogP contribution in [0.5, 0.6) is 0 Å². The topological polar surface area (TPSA) is 107 Å². The summed E-state index contributed by atoms with van der Waals surface area (Å²) in [5.74, 6) is 0.0482. The second-order valence-electron chi connectivity index (χ2n) is 3.92. The van der Waals surface area contributed by atoms with Gasteiger partial charge in [-0.05, 0) is 12.8 Å². The zero-order valence-corrected chi connectivity index (χ0v) is 10.1. The maximum Gasteiger partial charge on any atom is 0.243 e. The van der Waals surface area contributed by atoms with Crippen LogP contribution in [0.15, 0.2) is 17.3 Å². The van der Waals surface area contributed by atoms with Gasteiger partial charge in [-0.25, -0.2) is 23.1 Å². The van der Waals surface area contributed by atoms with Crippen LogP contribution in [-0.4, -0.2) is 37.6 Å². The molecule has 0 aliphatic heterocycles. The molecule has 2 rings (SSSR count). The molecule has 0 bridgehead atoms. The Balaban J connectivity index is 2.02. The van der Waals surface area contributed by atoms with Crippen molar-refractivity contribution in [1.29, 1.82) is 0 Å². The molecule has 1 aromatic rings. The first-order valence-electron chi connectivity index (χ1n) is 5.14. The van der Waals surface area contributed by atoms with E-state index in [1.54, 1.807) is 7.11 Å². The highest BCUT2D eigenvalue weighted by Gasteiger charge is 2.32. The third-order valence-electron chi connectivity index (χ3n) is 2.71. The van der Waals surface area contributed by atoms with Gasteiger partial charge in [-0.3, -0.25) is 0 Å². The van der Waals surface area contributed by atoms with Gasteiger partial charge < -0.3 is 10.5 Å². The van der Waals surface area contributed by atoms with E-state index in [1.807, 2.05) is 0 Å². The van der Waals surface area contributed by atoms with Crippen molar-refractivity contribution in [1.82, 2.24) is 14.7 Å². The van der Waals surface area contributed by atoms with Crippen molar-refractivity contribution in [3.63, 3.8) is 0 Å². The van der Waals surface area contributed by atoms with Crippen molar-refractivity contribution < 1.29 is 13.2 Å². The van der Waals surface area contributed by atoms with E-state index in [1.165, 1.54) is 12.4 Å². The lowest BCUT2D eigenvalue weighted by molar-refractivity contribution is 0.0236. The number of methoxy groups -OCH3 is 1. The molecule has 1 heterocycles. The SMILES string of the molecule is COC1CC(NS(=O)(=O)c2cnc(N)nc2)C1. The van der Waals surface area contributed by atoms with Gasteiger partial charge >= 0.3 is 0 Å². The molecular formula is C9H14N4O3S. The highest BCUT2D eigenvalue weighted by molar-refractivity contribution is 7.89. The molecule has 1 aliphatic carbocycles. The van der Waals surface area contributed by atoms with Crippen LogP contribution in [0.25, 0.3) is 0 Å². The molecule has 94 valence electrons. The zero-order valence-electron chi connectivity index (χ0n) is 9.33. The van der Waals surface area contributed by atoms with Crippen molar-refractivity contribution in [2.24, 2.45) is 0 Å². The Labute approximate surface area is 99.5 Å². The summed E-state index contributed by atoms with van der Waals surface area (Å²) in [5, 5.41) is 0. The van der Waals surface area contributed by atoms with E-state index in [-0.39, 0.29) is 23.0 Å². The molecule has 17 heavy (non-hydrogen) atoms. The standard InChI is InChI=1S/C9H14N4O3S/c1-16-7-2-6(3-7)13-17(14,15)8-4-11-9(10)12-5-8/h4-7,13H,2-3H2,1H3,(H2,10,11,12). The Morgan fingerprint density at radius 2 is 2.00 bits per heavy atom. The summed E-state index contributed by atoms with van der Waals surface area (Å²) in [4.78, 5) is 7.32. The molecule has 0 radical (unpaired) electrons. The molecule has 7 nitrogen and oxygen atoms in total. The number of nitrogens with zero attached hydrogens (tertiary/aromatic N) is 2. The summed E-state index contributed by atoms with van der Waals surface area (Å²) in [6, 6.07) is -0.0810. The van der Waals surface area contributed by atoms with Gasteiger partial charge in [0.05, 0.1) is 18.5 Å². The van der Waals surface area contributed by atoms with Crippen LogP contribution >= 0.6 is 0 Å². The van der Waals surface area contributed by atoms with Gasteiger partial charge in [0.1, 0.15) is 4.90 Å². The highest BCUT2D eigenvalue weighted by Crippen LogP contribution is 2.24. The maximum atomic E-state index is 11.9. The van der Waals surface area contributed by atoms with Gasteiger partial charge in [0.25, 0.3) is 0 Å². The van der Waals surface area contributed by atoms with Crippen LogP contribution < -0.4 is 10.5 Å². The van der Waals surface area contributed by atoms with Crippen LogP contribution in [0.1, 0.15) is 12.8 Å². The van der Waals surface area contributed by atoms with E-state index in [4.69, 9.17) is 10.5 Å². The first-order valence-corrected chi connectivity index (χ1v) is 6.62. The normalized spacial score (nSPS) is 24.3. The fourth-order valence-corrected chi connectivity index (χ4v) is 2.76. The molecule has 1 fully saturated rings. The molecule has 1 saturated carbocycles. The van der Waals surface area contributed by atoms with Crippen molar-refractivity contribution in [2.75, 3.05) is 12.8 Å². The minimum Gasteiger partial charge on any atom is -0.381 e. The molecule has 8 heteroatoms. The Bertz CT molecular complexity index is 481. The Morgan fingerprint density at radius 3 is 2.53 bits per heavy atom. The fourth-order valence-electron chi connectivity index (χ4n) is 1.61. The Kier molecular flexibility index (Phi) is 3.27. The van der Waals surface area contributed by atoms with Gasteiger partial charge in [0, 0.05) is 13.2 Å². The molecule has 0 unspecified atom stereocenters. The predicted molar refractivity (Wildman–Crippen MR) is 60.6 cm³/mol. The minimum absolute atomic E-state index is 0.0209. The second-order valence-corrected chi connectivity index (χ2v) is 5.64. The number of sulfonamides is 1. The number of aromatic nitrogens is 2. The lowest BCUT2D eigenvalue weighted by Crippen LogP contribution is -2.47. The molecule has 0 atom stereocenters. The van der Waals surface area contributed by atoms with Gasteiger partial charge in [-0.1, -0.05) is 0 Å². The molecule has 3 N–H and O–H groups in total. The summed E-state index contributed by atoms with van der Waals surface area (Å²) < 4.78 is 31.4. The van der Waals surface area contributed by atoms with Crippen molar-refractivity contribution in [2.45, 2.75) is 29.9 Å². The minimum atomic E-state index is -3.55. The molecular weight excluding hydrogens is 244 g/mol. The molecule has 0 spiro atoms. The van der Waals surface area contributed by atoms with Crippen LogP contribution in [-0.2, 0) is 14.8 Å². The number of ether oxygens (including phenoxy) is 1. The summed E-state index contributed by atoms with van der Waals surface area (Å²) in [5.41, 5.74) is 5.29. The lowest BCUT2D eigenvalue weighted by Gasteiger charge is -2.34. The van der Waals surface area contributed by atoms with E-state index in [0.29, 0.717) is 12.8 Å². The predicted octanol–water partition coefficient (Wildman–Crippen LogP) is -0.485. The Morgan fingerprint density at radius 1 is 1.41 bits per heavy atom. The first kappa shape index (κ1) is 12.2. The summed E-state index contributed by atoms with van der Waals surface area (Å²) in [6.45, 7) is 0. The van der Waals surface area contributed by atoms with E-state index >= 15 is 0 Å². The van der Waals surface area contributed by atoms with Crippen LogP contribution in [0.3, 0.4) is 0 Å². The van der Waals surface area contributed by atoms with Gasteiger partial charge in [0.2, 0.25) is 16.0 Å². The Hall–Kier alpha value is -1.25. The second kappa shape index (κ2) is 4.55. The smallest absolute Gasteiger partial charge is 0.243 e. The summed E-state index contributed by atoms with van der Waals surface area (Å²) in [7, 11) is -1.94. The molecule has 0 amide bonds. The number of nitrogen functional groups attached to an aromatic ring is 1. The van der Waals surface area contributed by atoms with E-state index < -0.39 is 10.0 Å². The molecule has 1 aromatic heterocycles. The van der Waals surface area contributed by atoms with Gasteiger partial charge in [0.15, 0.2) is 0 Å². The van der Waals surface area contributed by atoms with E-state index in [9.17, 15) is 8.42 Å². The number of rotatable bonds is 4. The zero-order chi connectivity index (χ0) is 12.5. The van der Waals surface area contributed by atoms with Crippen molar-refractivity contribution in [3.8, 4) is 0 Å². The average Bonchev–Trinajstić information content (AvgIpc) is 2.23. The number of nitrogens with two attached hydrogens (primary N) is 1. The molecule has 1 aliphatic rings. The summed E-state index contributed by atoms with van der Waals surface area (Å²) >= 11 is 0. The number of hydrogen-bond acceptors (Lipinski definition) is 6. The van der Waals surface area contributed by atoms with Crippen molar-refractivity contribution >= 4 is 16.0 Å². The maximum absolute atomic E-state index is 11.9. The molecule has 0 aromatic carbocycles. The van der Waals surface area contributed by atoms with E-state index in [0.717, 1.165) is 0 Å². The van der Waals surface area contributed by atoms with Crippen molar-refractivity contribution in [3.05, 3.63) is 12.4 Å². The lowest BCUT2D eigenvalue weighted by atomic mass is 9.90. The number of anilines is 1. The first-order chi connectivity index (χ1) is 8.01. The van der Waals surface area contributed by atoms with Gasteiger partial charge in [-0.15, -0.1) is 0 Å². The number of nitrogens with one attached hydrogen (secondary N) is 1. The number of hydrogen-bond donors (Lipinski definition) is 2. The van der Waals surface area contributed by atoms with E-state index in [2.05, 4.69) is 14.7 Å².